The maximum atomic E-state index is 13.2. The molecule has 0 radical (unpaired) electrons. The Balaban J connectivity index is 2.76. The number of hydrogen-bond acceptors (Lipinski definition) is 2. The standard InChI is InChI=1S/C13H19ClFNO/c1-13(2,3)12(16)7-11(17)8-4-5-9(14)10(15)6-8/h4-6,11-12,17H,7,16H2,1-3H3/t11-,12-/m0/s1. The van der Waals surface area contributed by atoms with Crippen LogP contribution in [0.15, 0.2) is 18.2 Å². The van der Waals surface area contributed by atoms with Crippen molar-refractivity contribution in [3.8, 4) is 0 Å². The van der Waals surface area contributed by atoms with Gasteiger partial charge in [0.2, 0.25) is 0 Å². The highest BCUT2D eigenvalue weighted by atomic mass is 35.5. The second-order valence-electron chi connectivity index (χ2n) is 5.40. The molecule has 0 saturated carbocycles. The van der Waals surface area contributed by atoms with Crippen LogP contribution in [0.3, 0.4) is 0 Å². The van der Waals surface area contributed by atoms with Crippen LogP contribution in [-0.2, 0) is 0 Å². The van der Waals surface area contributed by atoms with E-state index in [0.717, 1.165) is 0 Å². The molecule has 17 heavy (non-hydrogen) atoms. The number of aliphatic hydroxyl groups excluding tert-OH is 1. The SMILES string of the molecule is CC(C)(C)[C@@H](N)C[C@H](O)c1ccc(Cl)c(F)c1. The van der Waals surface area contributed by atoms with Crippen LogP contribution >= 0.6 is 11.6 Å². The van der Waals surface area contributed by atoms with Crippen LogP contribution in [0.2, 0.25) is 5.02 Å². The summed E-state index contributed by atoms with van der Waals surface area (Å²) in [6, 6.07) is 4.16. The summed E-state index contributed by atoms with van der Waals surface area (Å²) in [6.45, 7) is 6.02. The van der Waals surface area contributed by atoms with Crippen molar-refractivity contribution in [2.75, 3.05) is 0 Å². The third-order valence-electron chi connectivity index (χ3n) is 2.92. The Bertz CT molecular complexity index is 389. The minimum absolute atomic E-state index is 0.0565. The van der Waals surface area contributed by atoms with Crippen LogP contribution in [0.5, 0.6) is 0 Å². The molecule has 0 aliphatic carbocycles. The number of rotatable bonds is 3. The maximum Gasteiger partial charge on any atom is 0.142 e. The van der Waals surface area contributed by atoms with E-state index in [1.165, 1.54) is 12.1 Å². The van der Waals surface area contributed by atoms with Crippen LogP contribution in [0.25, 0.3) is 0 Å². The van der Waals surface area contributed by atoms with Gasteiger partial charge in [0.15, 0.2) is 0 Å². The van der Waals surface area contributed by atoms with E-state index in [-0.39, 0.29) is 16.5 Å². The molecule has 1 aromatic carbocycles. The van der Waals surface area contributed by atoms with E-state index < -0.39 is 11.9 Å². The first-order chi connectivity index (χ1) is 7.71. The molecule has 0 amide bonds. The molecule has 96 valence electrons. The van der Waals surface area contributed by atoms with Crippen molar-refractivity contribution in [3.63, 3.8) is 0 Å². The fraction of sp³-hybridized carbons (Fsp3) is 0.538. The summed E-state index contributed by atoms with van der Waals surface area (Å²) in [5, 5.41) is 10.0. The molecule has 0 fully saturated rings. The summed E-state index contributed by atoms with van der Waals surface area (Å²) >= 11 is 5.58. The fourth-order valence-corrected chi connectivity index (χ4v) is 1.57. The number of hydrogen-bond donors (Lipinski definition) is 2. The third-order valence-corrected chi connectivity index (χ3v) is 3.22. The molecule has 0 saturated heterocycles. The highest BCUT2D eigenvalue weighted by Crippen LogP contribution is 2.28. The van der Waals surface area contributed by atoms with Gasteiger partial charge in [0.25, 0.3) is 0 Å². The Hall–Kier alpha value is -0.640. The molecule has 0 heterocycles. The van der Waals surface area contributed by atoms with Crippen LogP contribution < -0.4 is 5.73 Å². The lowest BCUT2D eigenvalue weighted by Gasteiger charge is -2.29. The Kier molecular flexibility index (Phi) is 4.53. The van der Waals surface area contributed by atoms with E-state index in [1.54, 1.807) is 6.07 Å². The zero-order valence-corrected chi connectivity index (χ0v) is 11.1. The first-order valence-electron chi connectivity index (χ1n) is 5.60. The Morgan fingerprint density at radius 2 is 2.00 bits per heavy atom. The van der Waals surface area contributed by atoms with E-state index in [0.29, 0.717) is 12.0 Å². The molecule has 0 spiro atoms. The maximum absolute atomic E-state index is 13.2. The average molecular weight is 260 g/mol. The van der Waals surface area contributed by atoms with Gasteiger partial charge in [-0.2, -0.15) is 0 Å². The number of aliphatic hydroxyl groups is 1. The quantitative estimate of drug-likeness (QED) is 0.875. The van der Waals surface area contributed by atoms with Gasteiger partial charge in [0.05, 0.1) is 11.1 Å². The lowest BCUT2D eigenvalue weighted by molar-refractivity contribution is 0.133. The molecule has 2 atom stereocenters. The molecule has 4 heteroatoms. The number of nitrogens with two attached hydrogens (primary N) is 1. The fourth-order valence-electron chi connectivity index (χ4n) is 1.45. The van der Waals surface area contributed by atoms with E-state index >= 15 is 0 Å². The summed E-state index contributed by atoms with van der Waals surface area (Å²) in [4.78, 5) is 0. The van der Waals surface area contributed by atoms with Gasteiger partial charge in [-0.3, -0.25) is 0 Å². The van der Waals surface area contributed by atoms with Crippen molar-refractivity contribution in [1.82, 2.24) is 0 Å². The molecule has 0 aliphatic heterocycles. The Morgan fingerprint density at radius 3 is 2.47 bits per heavy atom. The monoisotopic (exact) mass is 259 g/mol. The molecule has 1 aromatic rings. The number of benzene rings is 1. The first-order valence-corrected chi connectivity index (χ1v) is 5.98. The van der Waals surface area contributed by atoms with Crippen molar-refractivity contribution in [1.29, 1.82) is 0 Å². The lowest BCUT2D eigenvalue weighted by atomic mass is 9.83. The van der Waals surface area contributed by atoms with Crippen molar-refractivity contribution in [2.24, 2.45) is 11.1 Å². The van der Waals surface area contributed by atoms with E-state index in [9.17, 15) is 9.50 Å². The van der Waals surface area contributed by atoms with Crippen molar-refractivity contribution >= 4 is 11.6 Å². The molecular formula is C13H19ClFNO. The minimum atomic E-state index is -0.768. The van der Waals surface area contributed by atoms with Gasteiger partial charge in [0.1, 0.15) is 5.82 Å². The number of halogens is 2. The molecule has 0 aliphatic rings. The van der Waals surface area contributed by atoms with Gasteiger partial charge < -0.3 is 10.8 Å². The predicted molar refractivity (Wildman–Crippen MR) is 68.4 cm³/mol. The van der Waals surface area contributed by atoms with Gasteiger partial charge in [-0.1, -0.05) is 38.4 Å². The molecule has 0 unspecified atom stereocenters. The van der Waals surface area contributed by atoms with Gasteiger partial charge in [-0.15, -0.1) is 0 Å². The Labute approximate surface area is 107 Å². The minimum Gasteiger partial charge on any atom is -0.388 e. The summed E-state index contributed by atoms with van der Waals surface area (Å²) < 4.78 is 13.2. The van der Waals surface area contributed by atoms with Gasteiger partial charge >= 0.3 is 0 Å². The topological polar surface area (TPSA) is 46.2 Å². The zero-order chi connectivity index (χ0) is 13.2. The second-order valence-corrected chi connectivity index (χ2v) is 5.80. The van der Waals surface area contributed by atoms with Gasteiger partial charge in [-0.05, 0) is 29.5 Å². The van der Waals surface area contributed by atoms with Crippen molar-refractivity contribution < 1.29 is 9.50 Å². The molecule has 3 N–H and O–H groups in total. The first kappa shape index (κ1) is 14.4. The van der Waals surface area contributed by atoms with Gasteiger partial charge in [0, 0.05) is 6.04 Å². The van der Waals surface area contributed by atoms with Crippen LogP contribution in [0.1, 0.15) is 38.9 Å². The van der Waals surface area contributed by atoms with Crippen LogP contribution in [0, 0.1) is 11.2 Å². The zero-order valence-electron chi connectivity index (χ0n) is 10.4. The van der Waals surface area contributed by atoms with E-state index in [1.807, 2.05) is 20.8 Å². The second kappa shape index (κ2) is 5.34. The smallest absolute Gasteiger partial charge is 0.142 e. The van der Waals surface area contributed by atoms with Crippen molar-refractivity contribution in [2.45, 2.75) is 39.3 Å². The normalized spacial score (nSPS) is 15.7. The molecule has 0 bridgehead atoms. The van der Waals surface area contributed by atoms with Crippen molar-refractivity contribution in [3.05, 3.63) is 34.6 Å². The summed E-state index contributed by atoms with van der Waals surface area (Å²) in [7, 11) is 0. The molecule has 0 aromatic heterocycles. The average Bonchev–Trinajstić information content (AvgIpc) is 2.20. The molecular weight excluding hydrogens is 241 g/mol. The lowest BCUT2D eigenvalue weighted by Crippen LogP contribution is -2.36. The summed E-state index contributed by atoms with van der Waals surface area (Å²) in [6.07, 6.45) is -0.374. The van der Waals surface area contributed by atoms with E-state index in [2.05, 4.69) is 0 Å². The van der Waals surface area contributed by atoms with Crippen LogP contribution in [0.4, 0.5) is 4.39 Å². The predicted octanol–water partition coefficient (Wildman–Crippen LogP) is 3.28. The van der Waals surface area contributed by atoms with E-state index in [4.69, 9.17) is 17.3 Å². The van der Waals surface area contributed by atoms with Gasteiger partial charge in [-0.25, -0.2) is 4.39 Å². The largest absolute Gasteiger partial charge is 0.388 e. The molecule has 1 rings (SSSR count). The summed E-state index contributed by atoms with van der Waals surface area (Å²) in [5.41, 5.74) is 6.39. The highest BCUT2D eigenvalue weighted by molar-refractivity contribution is 6.30. The Morgan fingerprint density at radius 1 is 1.41 bits per heavy atom. The van der Waals surface area contributed by atoms with Crippen LogP contribution in [-0.4, -0.2) is 11.1 Å². The summed E-state index contributed by atoms with van der Waals surface area (Å²) in [5.74, 6) is -0.521. The third kappa shape index (κ3) is 3.95. The molecule has 2 nitrogen and oxygen atoms in total. The highest BCUT2D eigenvalue weighted by Gasteiger charge is 2.24.